The number of aliphatic hydroxyl groups is 1. The molecule has 8 nitrogen and oxygen atoms in total. The van der Waals surface area contributed by atoms with Crippen LogP contribution in [0, 0.1) is 0 Å². The number of anilines is 1. The number of carbonyl (C=O) groups excluding carboxylic acids is 2. The molecule has 2 atom stereocenters. The zero-order valence-electron chi connectivity index (χ0n) is 16.5. The summed E-state index contributed by atoms with van der Waals surface area (Å²) >= 11 is 0. The summed E-state index contributed by atoms with van der Waals surface area (Å²) in [7, 11) is 0. The van der Waals surface area contributed by atoms with Crippen LogP contribution in [0.25, 0.3) is 0 Å². The highest BCUT2D eigenvalue weighted by molar-refractivity contribution is 6.39. The second-order valence-electron chi connectivity index (χ2n) is 7.38. The minimum absolute atomic E-state index is 0.211. The average Bonchev–Trinajstić information content (AvgIpc) is 3.51. The number of amides is 2. The largest absolute Gasteiger partial charge is 0.467 e. The van der Waals surface area contributed by atoms with Gasteiger partial charge in [0.15, 0.2) is 0 Å². The first-order valence-electron chi connectivity index (χ1n) is 10.0. The number of nitrogens with zero attached hydrogens (tertiary/aromatic N) is 3. The topological polar surface area (TPSA) is 101 Å². The van der Waals surface area contributed by atoms with Crippen LogP contribution in [0.4, 0.5) is 5.82 Å². The molecule has 2 aromatic heterocycles. The van der Waals surface area contributed by atoms with Gasteiger partial charge in [-0.05, 0) is 30.5 Å². The lowest BCUT2D eigenvalue weighted by Gasteiger charge is -2.25. The molecule has 0 bridgehead atoms. The summed E-state index contributed by atoms with van der Waals surface area (Å²) in [5, 5.41) is 17.3. The first-order valence-corrected chi connectivity index (χ1v) is 10.0. The van der Waals surface area contributed by atoms with Crippen LogP contribution < -0.4 is 5.32 Å². The molecule has 3 heterocycles. The molecule has 0 aliphatic carbocycles. The zero-order valence-corrected chi connectivity index (χ0v) is 16.5. The Bertz CT molecular complexity index is 984. The van der Waals surface area contributed by atoms with Crippen molar-refractivity contribution in [1.82, 2.24) is 14.7 Å². The van der Waals surface area contributed by atoms with E-state index in [1.54, 1.807) is 34.0 Å². The van der Waals surface area contributed by atoms with Crippen molar-refractivity contribution >= 4 is 17.6 Å². The third kappa shape index (κ3) is 4.44. The van der Waals surface area contributed by atoms with E-state index in [9.17, 15) is 14.7 Å². The summed E-state index contributed by atoms with van der Waals surface area (Å²) in [5.41, 5.74) is 1.04. The van der Waals surface area contributed by atoms with E-state index in [1.165, 1.54) is 6.26 Å². The number of nitrogens with one attached hydrogen (secondary N) is 1. The maximum atomic E-state index is 12.8. The fourth-order valence-electron chi connectivity index (χ4n) is 3.82. The number of aliphatic hydroxyl groups excluding tert-OH is 1. The summed E-state index contributed by atoms with van der Waals surface area (Å²) < 4.78 is 6.88. The van der Waals surface area contributed by atoms with Crippen LogP contribution in [0.3, 0.4) is 0 Å². The van der Waals surface area contributed by atoms with Crippen molar-refractivity contribution in [2.45, 2.75) is 38.0 Å². The van der Waals surface area contributed by atoms with Gasteiger partial charge in [-0.15, -0.1) is 0 Å². The molecule has 0 saturated carbocycles. The van der Waals surface area contributed by atoms with Crippen molar-refractivity contribution in [3.05, 3.63) is 72.3 Å². The lowest BCUT2D eigenvalue weighted by Crippen LogP contribution is -2.43. The second kappa shape index (κ2) is 8.96. The van der Waals surface area contributed by atoms with Crippen LogP contribution in [0.15, 0.2) is 65.4 Å². The summed E-state index contributed by atoms with van der Waals surface area (Å²) in [6.45, 7) is 0.977. The van der Waals surface area contributed by atoms with E-state index in [1.807, 2.05) is 30.3 Å². The van der Waals surface area contributed by atoms with E-state index in [4.69, 9.17) is 4.42 Å². The number of furan rings is 1. The highest BCUT2D eigenvalue weighted by Gasteiger charge is 2.34. The lowest BCUT2D eigenvalue weighted by atomic mass is 10.1. The van der Waals surface area contributed by atoms with Crippen LogP contribution in [-0.2, 0) is 16.1 Å². The zero-order chi connectivity index (χ0) is 20.9. The normalized spacial score (nSPS) is 17.1. The van der Waals surface area contributed by atoms with Gasteiger partial charge in [-0.25, -0.2) is 4.68 Å². The minimum Gasteiger partial charge on any atom is -0.467 e. The Hall–Kier alpha value is -3.39. The molecule has 2 amide bonds. The van der Waals surface area contributed by atoms with Gasteiger partial charge >= 0.3 is 11.8 Å². The second-order valence-corrected chi connectivity index (χ2v) is 7.38. The van der Waals surface area contributed by atoms with Gasteiger partial charge in [0.25, 0.3) is 0 Å². The van der Waals surface area contributed by atoms with Crippen LogP contribution in [0.2, 0.25) is 0 Å². The third-order valence-electron chi connectivity index (χ3n) is 5.33. The van der Waals surface area contributed by atoms with Crippen molar-refractivity contribution in [2.24, 2.45) is 0 Å². The lowest BCUT2D eigenvalue weighted by molar-refractivity contribution is -0.144. The summed E-state index contributed by atoms with van der Waals surface area (Å²) in [5.74, 6) is -0.382. The summed E-state index contributed by atoms with van der Waals surface area (Å²) in [6.07, 6.45) is 4.14. The average molecular weight is 408 g/mol. The molecular formula is C22H24N4O4. The Morgan fingerprint density at radius 1 is 1.20 bits per heavy atom. The molecule has 4 rings (SSSR count). The number of aromatic nitrogens is 2. The molecular weight excluding hydrogens is 384 g/mol. The van der Waals surface area contributed by atoms with E-state index in [2.05, 4.69) is 10.4 Å². The minimum atomic E-state index is -0.811. The summed E-state index contributed by atoms with van der Waals surface area (Å²) in [4.78, 5) is 27.0. The summed E-state index contributed by atoms with van der Waals surface area (Å²) in [6, 6.07) is 14.6. The van der Waals surface area contributed by atoms with Gasteiger partial charge in [-0.3, -0.25) is 9.59 Å². The Morgan fingerprint density at radius 2 is 2.03 bits per heavy atom. The van der Waals surface area contributed by atoms with Crippen molar-refractivity contribution in [1.29, 1.82) is 0 Å². The number of rotatable bonds is 6. The molecule has 30 heavy (non-hydrogen) atoms. The smallest absolute Gasteiger partial charge is 0.315 e. The van der Waals surface area contributed by atoms with Gasteiger partial charge in [-0.1, -0.05) is 30.3 Å². The van der Waals surface area contributed by atoms with Crippen LogP contribution in [0.1, 0.15) is 36.7 Å². The first-order chi connectivity index (χ1) is 14.6. The predicted octanol–water partition coefficient (Wildman–Crippen LogP) is 2.58. The van der Waals surface area contributed by atoms with Gasteiger partial charge in [0.2, 0.25) is 0 Å². The Kier molecular flexibility index (Phi) is 5.94. The molecule has 2 N–H and O–H groups in total. The highest BCUT2D eigenvalue weighted by atomic mass is 16.4. The van der Waals surface area contributed by atoms with Gasteiger partial charge < -0.3 is 19.7 Å². The van der Waals surface area contributed by atoms with Crippen molar-refractivity contribution in [3.63, 3.8) is 0 Å². The fourth-order valence-corrected chi connectivity index (χ4v) is 3.82. The van der Waals surface area contributed by atoms with E-state index in [0.29, 0.717) is 31.1 Å². The SMILES string of the molecule is O=C(Nc1ccnn1Cc1ccccc1)C(=O)N1CCC[C@H]1C[C@@H](O)c1ccco1. The highest BCUT2D eigenvalue weighted by Crippen LogP contribution is 2.28. The molecule has 0 spiro atoms. The quantitative estimate of drug-likeness (QED) is 0.611. The fraction of sp³-hybridized carbons (Fsp3) is 0.318. The van der Waals surface area contributed by atoms with E-state index >= 15 is 0 Å². The van der Waals surface area contributed by atoms with Crippen LogP contribution in [-0.4, -0.2) is 44.2 Å². The molecule has 1 aliphatic rings. The molecule has 156 valence electrons. The van der Waals surface area contributed by atoms with Gasteiger partial charge in [0.1, 0.15) is 17.7 Å². The standard InChI is InChI=1S/C22H24N4O4/c27-18(19-9-5-13-30-19)14-17-8-4-12-25(17)22(29)21(28)24-20-10-11-23-26(20)15-16-6-2-1-3-7-16/h1-3,5-7,9-11,13,17-18,27H,4,8,12,14-15H2,(H,24,28)/t17-,18+/m0/s1. The molecule has 3 aromatic rings. The maximum absolute atomic E-state index is 12.8. The number of likely N-dealkylation sites (tertiary alicyclic amines) is 1. The van der Waals surface area contributed by atoms with Gasteiger partial charge in [0.05, 0.1) is 19.0 Å². The molecule has 1 aliphatic heterocycles. The molecule has 1 fully saturated rings. The van der Waals surface area contributed by atoms with Crippen molar-refractivity contribution < 1.29 is 19.1 Å². The van der Waals surface area contributed by atoms with Crippen LogP contribution >= 0.6 is 0 Å². The molecule has 8 heteroatoms. The number of hydrogen-bond donors (Lipinski definition) is 2. The number of carbonyl (C=O) groups is 2. The van der Waals surface area contributed by atoms with E-state index in [0.717, 1.165) is 18.4 Å². The number of benzene rings is 1. The van der Waals surface area contributed by atoms with Gasteiger partial charge in [-0.2, -0.15) is 5.10 Å². The van der Waals surface area contributed by atoms with E-state index < -0.39 is 17.9 Å². The maximum Gasteiger partial charge on any atom is 0.315 e. The Morgan fingerprint density at radius 3 is 2.80 bits per heavy atom. The number of hydrogen-bond acceptors (Lipinski definition) is 5. The predicted molar refractivity (Wildman–Crippen MR) is 109 cm³/mol. The molecule has 1 aromatic carbocycles. The molecule has 1 saturated heterocycles. The van der Waals surface area contributed by atoms with Crippen molar-refractivity contribution in [2.75, 3.05) is 11.9 Å². The monoisotopic (exact) mass is 408 g/mol. The molecule has 0 radical (unpaired) electrons. The van der Waals surface area contributed by atoms with Crippen LogP contribution in [0.5, 0.6) is 0 Å². The van der Waals surface area contributed by atoms with E-state index in [-0.39, 0.29) is 6.04 Å². The van der Waals surface area contributed by atoms with Crippen molar-refractivity contribution in [3.8, 4) is 0 Å². The first kappa shape index (κ1) is 19.9. The molecule has 0 unspecified atom stereocenters. The Labute approximate surface area is 174 Å². The third-order valence-corrected chi connectivity index (χ3v) is 5.33. The Balaban J connectivity index is 1.39. The van der Waals surface area contributed by atoms with Gasteiger partial charge in [0, 0.05) is 25.1 Å².